The molecule has 2 N–H and O–H groups in total. The predicted molar refractivity (Wildman–Crippen MR) is 99.1 cm³/mol. The van der Waals surface area contributed by atoms with Crippen LogP contribution in [0.25, 0.3) is 0 Å². The Morgan fingerprint density at radius 3 is 2.64 bits per heavy atom. The van der Waals surface area contributed by atoms with Gasteiger partial charge in [-0.15, -0.1) is 0 Å². The van der Waals surface area contributed by atoms with E-state index in [-0.39, 0.29) is 0 Å². The van der Waals surface area contributed by atoms with Crippen molar-refractivity contribution in [2.45, 2.75) is 12.6 Å². The van der Waals surface area contributed by atoms with Crippen LogP contribution in [-0.2, 0) is 11.3 Å². The largest absolute Gasteiger partial charge is 0.497 e. The van der Waals surface area contributed by atoms with Crippen molar-refractivity contribution in [3.63, 3.8) is 0 Å². The van der Waals surface area contributed by atoms with E-state index in [1.54, 1.807) is 7.11 Å². The summed E-state index contributed by atoms with van der Waals surface area (Å²) in [6.07, 6.45) is -0.553. The van der Waals surface area contributed by atoms with E-state index >= 15 is 0 Å². The third-order valence-corrected chi connectivity index (χ3v) is 4.46. The maximum Gasteiger partial charge on any atom is 0.119 e. The highest BCUT2D eigenvalue weighted by atomic mass is 16.5. The van der Waals surface area contributed by atoms with E-state index in [1.165, 1.54) is 11.3 Å². The summed E-state index contributed by atoms with van der Waals surface area (Å²) in [6, 6.07) is 16.1. The van der Waals surface area contributed by atoms with Crippen LogP contribution >= 0.6 is 0 Å². The molecule has 1 atom stereocenters. The summed E-state index contributed by atoms with van der Waals surface area (Å²) in [5, 5.41) is 13.6. The van der Waals surface area contributed by atoms with Gasteiger partial charge < -0.3 is 24.8 Å². The summed E-state index contributed by atoms with van der Waals surface area (Å²) in [4.78, 5) is 2.34. The molecule has 2 aromatic carbocycles. The van der Waals surface area contributed by atoms with Crippen molar-refractivity contribution in [3.8, 4) is 5.75 Å². The third-order valence-electron chi connectivity index (χ3n) is 4.46. The lowest BCUT2D eigenvalue weighted by atomic mass is 10.1. The first-order valence-electron chi connectivity index (χ1n) is 8.70. The molecular weight excluding hydrogens is 316 g/mol. The molecule has 3 rings (SSSR count). The molecule has 1 aliphatic rings. The second-order valence-electron chi connectivity index (χ2n) is 6.19. The lowest BCUT2D eigenvalue weighted by Crippen LogP contribution is -2.36. The number of hydrogen-bond acceptors (Lipinski definition) is 5. The molecule has 1 aliphatic heterocycles. The van der Waals surface area contributed by atoms with E-state index in [9.17, 15) is 5.11 Å². The molecule has 1 unspecified atom stereocenters. The minimum absolute atomic E-state index is 0.498. The van der Waals surface area contributed by atoms with Gasteiger partial charge in [0.25, 0.3) is 0 Å². The van der Waals surface area contributed by atoms with E-state index in [1.807, 2.05) is 24.3 Å². The van der Waals surface area contributed by atoms with Gasteiger partial charge in [-0.05, 0) is 35.4 Å². The third kappa shape index (κ3) is 4.95. The van der Waals surface area contributed by atoms with Gasteiger partial charge in [0.05, 0.1) is 26.4 Å². The monoisotopic (exact) mass is 342 g/mol. The number of aliphatic hydroxyl groups excluding tert-OH is 1. The number of methoxy groups -OCH3 is 1. The minimum Gasteiger partial charge on any atom is -0.497 e. The number of ether oxygens (including phenoxy) is 2. The summed E-state index contributed by atoms with van der Waals surface area (Å²) in [7, 11) is 1.63. The quantitative estimate of drug-likeness (QED) is 0.809. The molecule has 0 spiro atoms. The topological polar surface area (TPSA) is 54.0 Å². The SMILES string of the molecule is COc1cccc(C(O)CNCc2ccc(N3CCOCC3)cc2)c1. The van der Waals surface area contributed by atoms with Crippen LogP contribution in [0.1, 0.15) is 17.2 Å². The molecule has 0 radical (unpaired) electrons. The lowest BCUT2D eigenvalue weighted by molar-refractivity contribution is 0.122. The van der Waals surface area contributed by atoms with Crippen molar-refractivity contribution in [2.24, 2.45) is 0 Å². The molecule has 5 heteroatoms. The van der Waals surface area contributed by atoms with Gasteiger partial charge in [0.2, 0.25) is 0 Å². The van der Waals surface area contributed by atoms with Crippen molar-refractivity contribution in [1.29, 1.82) is 0 Å². The Morgan fingerprint density at radius 2 is 1.92 bits per heavy atom. The van der Waals surface area contributed by atoms with Crippen LogP contribution < -0.4 is 15.0 Å². The Bertz CT molecular complexity index is 654. The molecule has 25 heavy (non-hydrogen) atoms. The molecule has 1 heterocycles. The zero-order chi connectivity index (χ0) is 17.5. The standard InChI is InChI=1S/C20H26N2O3/c1-24-19-4-2-3-17(13-19)20(23)15-21-14-16-5-7-18(8-6-16)22-9-11-25-12-10-22/h2-8,13,20-21,23H,9-12,14-15H2,1H3. The fourth-order valence-electron chi connectivity index (χ4n) is 2.97. The van der Waals surface area contributed by atoms with Gasteiger partial charge in [0.1, 0.15) is 5.75 Å². The highest BCUT2D eigenvalue weighted by Gasteiger charge is 2.11. The van der Waals surface area contributed by atoms with Crippen LogP contribution in [0, 0.1) is 0 Å². The fraction of sp³-hybridized carbons (Fsp3) is 0.400. The zero-order valence-corrected chi connectivity index (χ0v) is 14.6. The molecule has 5 nitrogen and oxygen atoms in total. The summed E-state index contributed by atoms with van der Waals surface area (Å²) in [5.74, 6) is 0.759. The van der Waals surface area contributed by atoms with E-state index in [2.05, 4.69) is 34.5 Å². The van der Waals surface area contributed by atoms with Crippen molar-refractivity contribution < 1.29 is 14.6 Å². The zero-order valence-electron chi connectivity index (χ0n) is 14.6. The summed E-state index contributed by atoms with van der Waals surface area (Å²) >= 11 is 0. The highest BCUT2D eigenvalue weighted by Crippen LogP contribution is 2.19. The minimum atomic E-state index is -0.553. The Balaban J connectivity index is 1.48. The number of rotatable bonds is 7. The Morgan fingerprint density at radius 1 is 1.16 bits per heavy atom. The Labute approximate surface area is 149 Å². The van der Waals surface area contributed by atoms with Crippen LogP contribution in [0.2, 0.25) is 0 Å². The Kier molecular flexibility index (Phi) is 6.28. The van der Waals surface area contributed by atoms with Crippen molar-refractivity contribution in [1.82, 2.24) is 5.32 Å². The summed E-state index contributed by atoms with van der Waals surface area (Å²) in [6.45, 7) is 4.72. The Hall–Kier alpha value is -2.08. The molecule has 0 saturated carbocycles. The first-order valence-corrected chi connectivity index (χ1v) is 8.70. The van der Waals surface area contributed by atoms with Gasteiger partial charge in [0, 0.05) is 31.9 Å². The average Bonchev–Trinajstić information content (AvgIpc) is 2.69. The number of morpholine rings is 1. The molecule has 134 valence electrons. The number of hydrogen-bond donors (Lipinski definition) is 2. The van der Waals surface area contributed by atoms with Crippen molar-refractivity contribution in [3.05, 3.63) is 59.7 Å². The van der Waals surface area contributed by atoms with Gasteiger partial charge in [-0.25, -0.2) is 0 Å². The van der Waals surface area contributed by atoms with E-state index < -0.39 is 6.10 Å². The smallest absolute Gasteiger partial charge is 0.119 e. The van der Waals surface area contributed by atoms with Gasteiger partial charge >= 0.3 is 0 Å². The van der Waals surface area contributed by atoms with E-state index in [0.717, 1.165) is 44.2 Å². The molecule has 0 aliphatic carbocycles. The molecule has 0 bridgehead atoms. The van der Waals surface area contributed by atoms with Crippen LogP contribution in [-0.4, -0.2) is 45.1 Å². The molecule has 1 fully saturated rings. The number of aliphatic hydroxyl groups is 1. The van der Waals surface area contributed by atoms with Gasteiger partial charge in [-0.2, -0.15) is 0 Å². The first-order chi connectivity index (χ1) is 12.3. The van der Waals surface area contributed by atoms with Crippen LogP contribution in [0.4, 0.5) is 5.69 Å². The molecular formula is C20H26N2O3. The van der Waals surface area contributed by atoms with Gasteiger partial charge in [-0.1, -0.05) is 24.3 Å². The fourth-order valence-corrected chi connectivity index (χ4v) is 2.97. The number of nitrogens with zero attached hydrogens (tertiary/aromatic N) is 1. The second kappa shape index (κ2) is 8.85. The van der Waals surface area contributed by atoms with Crippen LogP contribution in [0.3, 0.4) is 0 Å². The molecule has 1 saturated heterocycles. The van der Waals surface area contributed by atoms with Crippen LogP contribution in [0.15, 0.2) is 48.5 Å². The second-order valence-corrected chi connectivity index (χ2v) is 6.19. The maximum atomic E-state index is 10.3. The number of nitrogens with one attached hydrogen (secondary N) is 1. The van der Waals surface area contributed by atoms with Crippen LogP contribution in [0.5, 0.6) is 5.75 Å². The van der Waals surface area contributed by atoms with Crippen molar-refractivity contribution >= 4 is 5.69 Å². The predicted octanol–water partition coefficient (Wildman–Crippen LogP) is 2.36. The summed E-state index contributed by atoms with van der Waals surface area (Å²) in [5.41, 5.74) is 3.30. The average molecular weight is 342 g/mol. The lowest BCUT2D eigenvalue weighted by Gasteiger charge is -2.28. The summed E-state index contributed by atoms with van der Waals surface area (Å²) < 4.78 is 10.6. The number of benzene rings is 2. The van der Waals surface area contributed by atoms with Crippen molar-refractivity contribution in [2.75, 3.05) is 44.9 Å². The molecule has 2 aromatic rings. The first kappa shape index (κ1) is 17.7. The number of anilines is 1. The molecule has 0 aromatic heterocycles. The normalized spacial score (nSPS) is 15.8. The maximum absolute atomic E-state index is 10.3. The van der Waals surface area contributed by atoms with E-state index in [0.29, 0.717) is 6.54 Å². The van der Waals surface area contributed by atoms with Gasteiger partial charge in [0.15, 0.2) is 0 Å². The highest BCUT2D eigenvalue weighted by molar-refractivity contribution is 5.47. The van der Waals surface area contributed by atoms with Gasteiger partial charge in [-0.3, -0.25) is 0 Å². The molecule has 0 amide bonds. The van der Waals surface area contributed by atoms with E-state index in [4.69, 9.17) is 9.47 Å².